The van der Waals surface area contributed by atoms with E-state index >= 15 is 0 Å². The average molecular weight is 425 g/mol. The molecule has 0 aliphatic carbocycles. The first-order valence-corrected chi connectivity index (χ1v) is 10.6. The van der Waals surface area contributed by atoms with Crippen molar-refractivity contribution >= 4 is 23.6 Å². The molecule has 1 fully saturated rings. The minimum atomic E-state index is -0.869. The molecule has 2 aromatic carbocycles. The summed E-state index contributed by atoms with van der Waals surface area (Å²) >= 11 is 0. The van der Waals surface area contributed by atoms with E-state index in [2.05, 4.69) is 16.0 Å². The first kappa shape index (κ1) is 20.8. The fourth-order valence-electron chi connectivity index (χ4n) is 4.45. The van der Waals surface area contributed by atoms with Crippen molar-refractivity contribution in [1.82, 2.24) is 10.2 Å². The highest BCUT2D eigenvalue weighted by molar-refractivity contribution is 5.76. The van der Waals surface area contributed by atoms with Gasteiger partial charge in [0.1, 0.15) is 12.3 Å². The fourth-order valence-corrected chi connectivity index (χ4v) is 4.45. The molecule has 164 valence electrons. The molecule has 2 amide bonds. The van der Waals surface area contributed by atoms with Gasteiger partial charge in [-0.1, -0.05) is 42.5 Å². The molecule has 8 nitrogen and oxygen atoms in total. The van der Waals surface area contributed by atoms with Gasteiger partial charge in [-0.15, -0.1) is 0 Å². The summed E-state index contributed by atoms with van der Waals surface area (Å²) in [7, 11) is 0. The summed E-state index contributed by atoms with van der Waals surface area (Å²) in [4.78, 5) is 24.9. The van der Waals surface area contributed by atoms with Crippen LogP contribution >= 0.6 is 0 Å². The molecule has 0 unspecified atom stereocenters. The van der Waals surface area contributed by atoms with Crippen LogP contribution in [0.3, 0.4) is 0 Å². The van der Waals surface area contributed by atoms with Crippen molar-refractivity contribution in [3.63, 3.8) is 0 Å². The van der Waals surface area contributed by atoms with Crippen LogP contribution in [0.25, 0.3) is 0 Å². The lowest BCUT2D eigenvalue weighted by molar-refractivity contribution is 0.111. The lowest BCUT2D eigenvalue weighted by Gasteiger charge is -2.43. The van der Waals surface area contributed by atoms with Crippen LogP contribution in [0.1, 0.15) is 24.8 Å². The quantitative estimate of drug-likeness (QED) is 0.560. The van der Waals surface area contributed by atoms with Crippen LogP contribution in [0.5, 0.6) is 0 Å². The van der Waals surface area contributed by atoms with Gasteiger partial charge >= 0.3 is 12.2 Å². The summed E-state index contributed by atoms with van der Waals surface area (Å²) in [6.07, 6.45) is 0.818. The third kappa shape index (κ3) is 4.84. The number of hydrogen-bond donors (Lipinski definition) is 4. The van der Waals surface area contributed by atoms with Crippen LogP contribution < -0.4 is 16.0 Å². The zero-order chi connectivity index (χ0) is 21.7. The number of ether oxygens (including phenoxy) is 1. The van der Waals surface area contributed by atoms with Gasteiger partial charge < -0.3 is 30.7 Å². The van der Waals surface area contributed by atoms with Crippen molar-refractivity contribution in [2.45, 2.75) is 31.5 Å². The van der Waals surface area contributed by atoms with Gasteiger partial charge in [-0.05, 0) is 30.5 Å². The fraction of sp³-hybridized carbons (Fsp3) is 0.391. The van der Waals surface area contributed by atoms with Crippen LogP contribution in [0, 0.1) is 5.92 Å². The van der Waals surface area contributed by atoms with E-state index in [4.69, 9.17) is 4.74 Å². The van der Waals surface area contributed by atoms with E-state index in [-0.39, 0.29) is 12.5 Å². The molecule has 4 rings (SSSR count). The van der Waals surface area contributed by atoms with Crippen LogP contribution in [-0.4, -0.2) is 47.5 Å². The van der Waals surface area contributed by atoms with E-state index in [1.165, 1.54) is 4.90 Å². The van der Waals surface area contributed by atoms with Crippen molar-refractivity contribution < 1.29 is 19.4 Å². The van der Waals surface area contributed by atoms with Crippen LogP contribution in [0.4, 0.5) is 21.0 Å². The van der Waals surface area contributed by atoms with Crippen molar-refractivity contribution in [2.24, 2.45) is 5.92 Å². The molecule has 2 aromatic rings. The lowest BCUT2D eigenvalue weighted by Crippen LogP contribution is -2.54. The Kier molecular flexibility index (Phi) is 6.16. The van der Waals surface area contributed by atoms with Gasteiger partial charge in [0.25, 0.3) is 0 Å². The Morgan fingerprint density at radius 2 is 1.65 bits per heavy atom. The zero-order valence-corrected chi connectivity index (χ0v) is 17.3. The second-order valence-corrected chi connectivity index (χ2v) is 8.05. The number of carboxylic acid groups (broad SMARTS) is 1. The van der Waals surface area contributed by atoms with Crippen LogP contribution in [0.15, 0.2) is 54.6 Å². The van der Waals surface area contributed by atoms with E-state index in [0.717, 1.165) is 29.8 Å². The van der Waals surface area contributed by atoms with E-state index in [1.807, 2.05) is 54.6 Å². The summed E-state index contributed by atoms with van der Waals surface area (Å²) in [5, 5.41) is 19.4. The molecular formula is C23H28N4O4. The number of alkyl carbamates (subject to hydrolysis) is 1. The Labute approximate surface area is 181 Å². The van der Waals surface area contributed by atoms with Gasteiger partial charge in [-0.3, -0.25) is 0 Å². The Morgan fingerprint density at radius 3 is 2.26 bits per heavy atom. The number of likely N-dealkylation sites (tertiary alicyclic amines) is 1. The average Bonchev–Trinajstić information content (AvgIpc) is 3.18. The highest BCUT2D eigenvalue weighted by Crippen LogP contribution is 2.42. The first-order chi connectivity index (χ1) is 15.1. The molecule has 0 radical (unpaired) electrons. The topological polar surface area (TPSA) is 103 Å². The molecule has 8 heteroatoms. The van der Waals surface area contributed by atoms with Gasteiger partial charge in [0.15, 0.2) is 0 Å². The summed E-state index contributed by atoms with van der Waals surface area (Å²) in [6.45, 7) is 1.68. The maximum Gasteiger partial charge on any atom is 0.407 e. The van der Waals surface area contributed by atoms with Crippen LogP contribution in [-0.2, 0) is 11.3 Å². The number of benzene rings is 2. The standard InChI is InChI=1S/C23H28N4O4/c28-21(31-16-17-6-2-1-3-7-17)24-13-12-23(18-10-14-27(15-11-18)22(29)30)25-19-8-4-5-9-20(19)26-23/h1-9,18,25-26H,10-16H2,(H,24,28)(H,29,30). The number of carbonyl (C=O) groups excluding carboxylic acids is 1. The number of carbonyl (C=O) groups is 2. The number of fused-ring (bicyclic) bond motifs is 1. The van der Waals surface area contributed by atoms with E-state index < -0.39 is 17.8 Å². The van der Waals surface area contributed by atoms with Crippen molar-refractivity contribution in [3.8, 4) is 0 Å². The summed E-state index contributed by atoms with van der Waals surface area (Å²) in [5.74, 6) is 0.220. The SMILES string of the molecule is O=C(NCCC1(C2CCN(C(=O)O)CC2)Nc2ccccc2N1)OCc1ccccc1. The van der Waals surface area contributed by atoms with Crippen molar-refractivity contribution in [3.05, 3.63) is 60.2 Å². The first-order valence-electron chi connectivity index (χ1n) is 10.6. The molecule has 2 aliphatic rings. The number of amides is 2. The van der Waals surface area contributed by atoms with Gasteiger partial charge in [0.05, 0.1) is 11.4 Å². The number of hydrogen-bond acceptors (Lipinski definition) is 5. The molecule has 1 saturated heterocycles. The summed E-state index contributed by atoms with van der Waals surface area (Å²) in [6, 6.07) is 17.6. The smallest absolute Gasteiger partial charge is 0.407 e. The van der Waals surface area contributed by atoms with E-state index in [0.29, 0.717) is 26.1 Å². The second-order valence-electron chi connectivity index (χ2n) is 8.05. The molecule has 4 N–H and O–H groups in total. The maximum atomic E-state index is 12.2. The molecule has 0 bridgehead atoms. The normalized spacial score (nSPS) is 17.2. The number of rotatable bonds is 6. The third-order valence-corrected chi connectivity index (χ3v) is 6.11. The van der Waals surface area contributed by atoms with E-state index in [9.17, 15) is 14.7 Å². The highest BCUT2D eigenvalue weighted by Gasteiger charge is 2.44. The van der Waals surface area contributed by atoms with Gasteiger partial charge in [-0.25, -0.2) is 9.59 Å². The lowest BCUT2D eigenvalue weighted by atomic mass is 9.82. The number of nitrogens with one attached hydrogen (secondary N) is 3. The Balaban J connectivity index is 1.36. The van der Waals surface area contributed by atoms with Crippen molar-refractivity contribution in [2.75, 3.05) is 30.3 Å². The maximum absolute atomic E-state index is 12.2. The zero-order valence-electron chi connectivity index (χ0n) is 17.3. The third-order valence-electron chi connectivity index (χ3n) is 6.11. The molecule has 31 heavy (non-hydrogen) atoms. The van der Waals surface area contributed by atoms with Crippen LogP contribution in [0.2, 0.25) is 0 Å². The number of piperidine rings is 1. The largest absolute Gasteiger partial charge is 0.465 e. The van der Waals surface area contributed by atoms with Gasteiger partial charge in [-0.2, -0.15) is 0 Å². The Morgan fingerprint density at radius 1 is 1.03 bits per heavy atom. The molecule has 2 aliphatic heterocycles. The molecule has 0 spiro atoms. The number of anilines is 2. The predicted molar refractivity (Wildman–Crippen MR) is 118 cm³/mol. The monoisotopic (exact) mass is 424 g/mol. The summed E-state index contributed by atoms with van der Waals surface area (Å²) < 4.78 is 5.31. The van der Waals surface area contributed by atoms with Gasteiger partial charge in [0.2, 0.25) is 0 Å². The molecule has 0 aromatic heterocycles. The van der Waals surface area contributed by atoms with Crippen molar-refractivity contribution in [1.29, 1.82) is 0 Å². The number of para-hydroxylation sites is 2. The van der Waals surface area contributed by atoms with E-state index in [1.54, 1.807) is 0 Å². The molecular weight excluding hydrogens is 396 g/mol. The minimum absolute atomic E-state index is 0.220. The number of nitrogens with zero attached hydrogens (tertiary/aromatic N) is 1. The summed E-state index contributed by atoms with van der Waals surface area (Å²) in [5.41, 5.74) is 2.54. The minimum Gasteiger partial charge on any atom is -0.465 e. The highest BCUT2D eigenvalue weighted by atomic mass is 16.5. The van der Waals surface area contributed by atoms with Gasteiger partial charge in [0, 0.05) is 32.0 Å². The Bertz CT molecular complexity index is 888. The molecule has 0 atom stereocenters. The Hall–Kier alpha value is -3.42. The predicted octanol–water partition coefficient (Wildman–Crippen LogP) is 3.93. The second kappa shape index (κ2) is 9.16. The molecule has 2 heterocycles. The molecule has 0 saturated carbocycles.